The summed E-state index contributed by atoms with van der Waals surface area (Å²) in [5, 5.41) is 6.32. The predicted octanol–water partition coefficient (Wildman–Crippen LogP) is 2.53. The summed E-state index contributed by atoms with van der Waals surface area (Å²) in [4.78, 5) is 11.1. The molecule has 0 aromatic heterocycles. The van der Waals surface area contributed by atoms with Gasteiger partial charge in [-0.25, -0.2) is 0 Å². The Morgan fingerprint density at radius 1 is 1.35 bits per heavy atom. The Bertz CT molecular complexity index is 410. The van der Waals surface area contributed by atoms with Gasteiger partial charge in [0, 0.05) is 25.7 Å². The molecule has 0 unspecified atom stereocenters. The standard InChI is InChI=1S/C14H20N2O/c1-11(17)16-13-6-4-3-5-12(13)9-15-10-14(2)7-8-14/h3-6,15H,7-10H2,1-2H3,(H,16,17). The number of para-hydroxylation sites is 1. The predicted molar refractivity (Wildman–Crippen MR) is 69.8 cm³/mol. The highest BCUT2D eigenvalue weighted by molar-refractivity contribution is 5.89. The molecule has 3 heteroatoms. The van der Waals surface area contributed by atoms with Crippen LogP contribution in [0.5, 0.6) is 0 Å². The molecule has 0 heterocycles. The Balaban J connectivity index is 1.92. The Kier molecular flexibility index (Phi) is 3.48. The first-order chi connectivity index (χ1) is 8.09. The van der Waals surface area contributed by atoms with E-state index in [4.69, 9.17) is 0 Å². The molecule has 1 aromatic rings. The Labute approximate surface area is 103 Å². The third-order valence-electron chi connectivity index (χ3n) is 3.30. The van der Waals surface area contributed by atoms with Gasteiger partial charge in [-0.05, 0) is 29.9 Å². The molecule has 0 bridgehead atoms. The van der Waals surface area contributed by atoms with Gasteiger partial charge in [-0.15, -0.1) is 0 Å². The molecule has 1 aliphatic rings. The summed E-state index contributed by atoms with van der Waals surface area (Å²) in [5.41, 5.74) is 2.57. The van der Waals surface area contributed by atoms with Gasteiger partial charge in [0.05, 0.1) is 0 Å². The molecule has 1 saturated carbocycles. The third kappa shape index (κ3) is 3.56. The van der Waals surface area contributed by atoms with E-state index in [1.165, 1.54) is 19.8 Å². The first kappa shape index (κ1) is 12.1. The Hall–Kier alpha value is -1.35. The van der Waals surface area contributed by atoms with Crippen molar-refractivity contribution in [3.05, 3.63) is 29.8 Å². The van der Waals surface area contributed by atoms with Crippen LogP contribution < -0.4 is 10.6 Å². The second-order valence-electron chi connectivity index (χ2n) is 5.25. The lowest BCUT2D eigenvalue weighted by Gasteiger charge is -2.13. The van der Waals surface area contributed by atoms with Crippen molar-refractivity contribution in [2.75, 3.05) is 11.9 Å². The minimum absolute atomic E-state index is 0.0217. The van der Waals surface area contributed by atoms with Gasteiger partial charge in [0.1, 0.15) is 0 Å². The maximum Gasteiger partial charge on any atom is 0.221 e. The van der Waals surface area contributed by atoms with Crippen LogP contribution in [0.25, 0.3) is 0 Å². The number of hydrogen-bond donors (Lipinski definition) is 2. The van der Waals surface area contributed by atoms with Gasteiger partial charge >= 0.3 is 0 Å². The van der Waals surface area contributed by atoms with Gasteiger partial charge in [0.25, 0.3) is 0 Å². The van der Waals surface area contributed by atoms with Gasteiger partial charge in [0.2, 0.25) is 5.91 Å². The maximum atomic E-state index is 11.1. The van der Waals surface area contributed by atoms with Crippen LogP contribution in [-0.4, -0.2) is 12.5 Å². The SMILES string of the molecule is CC(=O)Nc1ccccc1CNCC1(C)CC1. The second-order valence-corrected chi connectivity index (χ2v) is 5.25. The zero-order chi connectivity index (χ0) is 12.3. The minimum atomic E-state index is -0.0217. The zero-order valence-electron chi connectivity index (χ0n) is 10.5. The van der Waals surface area contributed by atoms with E-state index in [2.05, 4.69) is 17.6 Å². The highest BCUT2D eigenvalue weighted by Gasteiger charge is 2.36. The van der Waals surface area contributed by atoms with E-state index in [0.29, 0.717) is 5.41 Å². The molecule has 0 aliphatic heterocycles. The number of carbonyl (C=O) groups excluding carboxylic acids is 1. The molecule has 3 nitrogen and oxygen atoms in total. The summed E-state index contributed by atoms with van der Waals surface area (Å²) < 4.78 is 0. The molecule has 1 amide bonds. The molecule has 92 valence electrons. The van der Waals surface area contributed by atoms with Crippen LogP contribution in [-0.2, 0) is 11.3 Å². The summed E-state index contributed by atoms with van der Waals surface area (Å²) >= 11 is 0. The molecular weight excluding hydrogens is 212 g/mol. The number of nitrogens with one attached hydrogen (secondary N) is 2. The third-order valence-corrected chi connectivity index (χ3v) is 3.30. The van der Waals surface area contributed by atoms with Gasteiger partial charge < -0.3 is 10.6 Å². The largest absolute Gasteiger partial charge is 0.326 e. The van der Waals surface area contributed by atoms with Crippen LogP contribution in [0, 0.1) is 5.41 Å². The van der Waals surface area contributed by atoms with Crippen LogP contribution >= 0.6 is 0 Å². The summed E-state index contributed by atoms with van der Waals surface area (Å²) in [5.74, 6) is -0.0217. The summed E-state index contributed by atoms with van der Waals surface area (Å²) in [6.07, 6.45) is 2.65. The average molecular weight is 232 g/mol. The summed E-state index contributed by atoms with van der Waals surface area (Å²) in [6.45, 7) is 5.71. The van der Waals surface area contributed by atoms with Crippen LogP contribution in [0.3, 0.4) is 0 Å². The first-order valence-electron chi connectivity index (χ1n) is 6.15. The average Bonchev–Trinajstić information content (AvgIpc) is 2.99. The molecular formula is C14H20N2O. The lowest BCUT2D eigenvalue weighted by Crippen LogP contribution is -2.22. The number of hydrogen-bond acceptors (Lipinski definition) is 2. The molecule has 17 heavy (non-hydrogen) atoms. The highest BCUT2D eigenvalue weighted by atomic mass is 16.1. The van der Waals surface area contributed by atoms with Crippen molar-refractivity contribution in [2.24, 2.45) is 5.41 Å². The van der Waals surface area contributed by atoms with Gasteiger partial charge in [-0.3, -0.25) is 4.79 Å². The van der Waals surface area contributed by atoms with Crippen LogP contribution in [0.2, 0.25) is 0 Å². The molecule has 0 radical (unpaired) electrons. The summed E-state index contributed by atoms with van der Waals surface area (Å²) in [6, 6.07) is 7.93. The Morgan fingerprint density at radius 3 is 2.71 bits per heavy atom. The second kappa shape index (κ2) is 4.88. The first-order valence-corrected chi connectivity index (χ1v) is 6.15. The normalized spacial score (nSPS) is 16.6. The number of rotatable bonds is 5. The molecule has 0 atom stereocenters. The molecule has 0 saturated heterocycles. The number of anilines is 1. The van der Waals surface area contributed by atoms with Crippen molar-refractivity contribution in [3.8, 4) is 0 Å². The highest BCUT2D eigenvalue weighted by Crippen LogP contribution is 2.44. The molecule has 1 aliphatic carbocycles. The van der Waals surface area contributed by atoms with Gasteiger partial charge in [-0.1, -0.05) is 25.1 Å². The topological polar surface area (TPSA) is 41.1 Å². The summed E-state index contributed by atoms with van der Waals surface area (Å²) in [7, 11) is 0. The van der Waals surface area contributed by atoms with E-state index < -0.39 is 0 Å². The monoisotopic (exact) mass is 232 g/mol. The van der Waals surface area contributed by atoms with E-state index in [-0.39, 0.29) is 5.91 Å². The van der Waals surface area contributed by atoms with Crippen molar-refractivity contribution in [2.45, 2.75) is 33.2 Å². The fraction of sp³-hybridized carbons (Fsp3) is 0.500. The minimum Gasteiger partial charge on any atom is -0.326 e. The molecule has 2 rings (SSSR count). The fourth-order valence-electron chi connectivity index (χ4n) is 1.88. The van der Waals surface area contributed by atoms with E-state index in [0.717, 1.165) is 24.3 Å². The number of benzene rings is 1. The van der Waals surface area contributed by atoms with E-state index in [1.807, 2.05) is 24.3 Å². The number of carbonyl (C=O) groups is 1. The maximum absolute atomic E-state index is 11.1. The Morgan fingerprint density at radius 2 is 2.06 bits per heavy atom. The lowest BCUT2D eigenvalue weighted by atomic mass is 10.1. The van der Waals surface area contributed by atoms with Crippen molar-refractivity contribution in [3.63, 3.8) is 0 Å². The van der Waals surface area contributed by atoms with Gasteiger partial charge in [-0.2, -0.15) is 0 Å². The molecule has 0 spiro atoms. The molecule has 1 aromatic carbocycles. The van der Waals surface area contributed by atoms with Crippen LogP contribution in [0.4, 0.5) is 5.69 Å². The van der Waals surface area contributed by atoms with Crippen molar-refractivity contribution in [1.29, 1.82) is 0 Å². The van der Waals surface area contributed by atoms with Crippen molar-refractivity contribution < 1.29 is 4.79 Å². The molecule has 2 N–H and O–H groups in total. The zero-order valence-corrected chi connectivity index (χ0v) is 10.5. The molecule has 1 fully saturated rings. The van der Waals surface area contributed by atoms with E-state index in [9.17, 15) is 4.79 Å². The van der Waals surface area contributed by atoms with Crippen molar-refractivity contribution >= 4 is 11.6 Å². The van der Waals surface area contributed by atoms with Crippen LogP contribution in [0.1, 0.15) is 32.3 Å². The smallest absolute Gasteiger partial charge is 0.221 e. The number of amides is 1. The van der Waals surface area contributed by atoms with Crippen molar-refractivity contribution in [1.82, 2.24) is 5.32 Å². The van der Waals surface area contributed by atoms with Gasteiger partial charge in [0.15, 0.2) is 0 Å². The lowest BCUT2D eigenvalue weighted by molar-refractivity contribution is -0.114. The van der Waals surface area contributed by atoms with Crippen LogP contribution in [0.15, 0.2) is 24.3 Å². The quantitative estimate of drug-likeness (QED) is 0.819. The fourth-order valence-corrected chi connectivity index (χ4v) is 1.88. The van der Waals surface area contributed by atoms with E-state index >= 15 is 0 Å². The van der Waals surface area contributed by atoms with E-state index in [1.54, 1.807) is 0 Å².